The Kier molecular flexibility index (Phi) is 14.5. The molecule has 14 nitrogen and oxygen atoms in total. The number of anilines is 1. The van der Waals surface area contributed by atoms with Crippen molar-refractivity contribution in [2.24, 2.45) is 10.7 Å². The molecule has 336 valence electrons. The minimum Gasteiger partial charge on any atom is -0.404 e. The van der Waals surface area contributed by atoms with Crippen LogP contribution in [0.15, 0.2) is 52.8 Å². The second kappa shape index (κ2) is 20.2. The van der Waals surface area contributed by atoms with Crippen molar-refractivity contribution in [2.75, 3.05) is 51.2 Å². The van der Waals surface area contributed by atoms with Crippen LogP contribution in [-0.4, -0.2) is 115 Å². The predicted octanol–water partition coefficient (Wildman–Crippen LogP) is 5.51. The van der Waals surface area contributed by atoms with Crippen LogP contribution in [0.4, 0.5) is 14.5 Å². The number of carbonyl (C=O) groups excluding carboxylic acids is 5. The zero-order valence-corrected chi connectivity index (χ0v) is 36.3. The number of nitrogens with one attached hydrogen (secondary N) is 3. The molecule has 1 atom stereocenters. The Labute approximate surface area is 367 Å². The van der Waals surface area contributed by atoms with E-state index in [0.29, 0.717) is 60.3 Å². The molecule has 5 heterocycles. The van der Waals surface area contributed by atoms with E-state index in [2.05, 4.69) is 20.5 Å². The lowest BCUT2D eigenvalue weighted by Crippen LogP contribution is -2.54. The fourth-order valence-corrected chi connectivity index (χ4v) is 9.75. The second-order valence-electron chi connectivity index (χ2n) is 17.2. The van der Waals surface area contributed by atoms with Gasteiger partial charge in [0.25, 0.3) is 18.2 Å². The minimum absolute atomic E-state index is 0.0661. The summed E-state index contributed by atoms with van der Waals surface area (Å²) in [6.07, 6.45) is 9.83. The number of carbonyl (C=O) groups is 5. The number of aliphatic imine (C=N–C) groups is 1. The molecule has 5 aliphatic heterocycles. The molecule has 2 saturated heterocycles. The molecule has 1 unspecified atom stereocenters. The number of alkyl halides is 2. The zero-order chi connectivity index (χ0) is 44.8. The van der Waals surface area contributed by atoms with Gasteiger partial charge >= 0.3 is 0 Å². The van der Waals surface area contributed by atoms with Gasteiger partial charge in [0.05, 0.1) is 17.7 Å². The van der Waals surface area contributed by atoms with Crippen molar-refractivity contribution in [1.82, 2.24) is 25.3 Å². The molecule has 0 aromatic heterocycles. The van der Waals surface area contributed by atoms with E-state index in [1.807, 2.05) is 11.0 Å². The number of halogens is 2. The van der Waals surface area contributed by atoms with Crippen LogP contribution in [0.5, 0.6) is 0 Å². The largest absolute Gasteiger partial charge is 0.404 e. The zero-order valence-electron chi connectivity index (χ0n) is 36.3. The first kappa shape index (κ1) is 45.3. The van der Waals surface area contributed by atoms with Gasteiger partial charge in [-0.3, -0.25) is 44.6 Å². The number of rotatable bonds is 15. The van der Waals surface area contributed by atoms with Gasteiger partial charge in [0.2, 0.25) is 17.7 Å². The molecule has 0 spiro atoms. The number of hydrogen-bond donors (Lipinski definition) is 4. The summed E-state index contributed by atoms with van der Waals surface area (Å²) in [6.45, 7) is 5.76. The van der Waals surface area contributed by atoms with Gasteiger partial charge in [-0.05, 0) is 92.8 Å². The van der Waals surface area contributed by atoms with Crippen LogP contribution < -0.4 is 21.3 Å². The van der Waals surface area contributed by atoms with Crippen molar-refractivity contribution in [3.63, 3.8) is 0 Å². The highest BCUT2D eigenvalue weighted by Crippen LogP contribution is 2.38. The van der Waals surface area contributed by atoms with Gasteiger partial charge in [-0.25, -0.2) is 8.78 Å². The SMILES string of the molecule is CN=CC(=CN)c1cc2c(cc1C(F)F)N(C(=N)C1=C(NC3CCN(CCCCCCCc4cccc5c4C(=O)N(C4CCC(=O)NC4=O)C5=O)CC3)CCN(C(C)=O)C1)CCC2. The fraction of sp³-hybridized carbons (Fsp3) is 0.511. The van der Waals surface area contributed by atoms with E-state index in [1.54, 1.807) is 30.1 Å². The summed E-state index contributed by atoms with van der Waals surface area (Å²) >= 11 is 0. The maximum Gasteiger partial charge on any atom is 0.264 e. The molecule has 5 amide bonds. The number of fused-ring (bicyclic) bond motifs is 2. The number of likely N-dealkylation sites (tertiary alicyclic amines) is 1. The molecule has 2 aromatic carbocycles. The number of imide groups is 2. The summed E-state index contributed by atoms with van der Waals surface area (Å²) < 4.78 is 29.1. The summed E-state index contributed by atoms with van der Waals surface area (Å²) in [5.74, 6) is -1.78. The molecule has 2 aromatic rings. The first-order chi connectivity index (χ1) is 30.4. The topological polar surface area (TPSA) is 185 Å². The van der Waals surface area contributed by atoms with Gasteiger partial charge < -0.3 is 25.8 Å². The third kappa shape index (κ3) is 9.90. The minimum atomic E-state index is -2.76. The molecule has 0 aliphatic carbocycles. The van der Waals surface area contributed by atoms with Crippen molar-refractivity contribution < 1.29 is 32.8 Å². The van der Waals surface area contributed by atoms with Gasteiger partial charge in [-0.15, -0.1) is 0 Å². The van der Waals surface area contributed by atoms with E-state index < -0.39 is 36.1 Å². The Morgan fingerprint density at radius 2 is 1.75 bits per heavy atom. The Balaban J connectivity index is 0.898. The normalized spacial score (nSPS) is 20.2. The van der Waals surface area contributed by atoms with Crippen molar-refractivity contribution >= 4 is 52.8 Å². The summed E-state index contributed by atoms with van der Waals surface area (Å²) in [5, 5.41) is 15.5. The van der Waals surface area contributed by atoms with Crippen molar-refractivity contribution in [3.05, 3.63) is 81.2 Å². The van der Waals surface area contributed by atoms with Crippen molar-refractivity contribution in [2.45, 2.75) is 109 Å². The highest BCUT2D eigenvalue weighted by molar-refractivity contribution is 6.24. The molecule has 0 radical (unpaired) electrons. The Bertz CT molecular complexity index is 2230. The number of amidine groups is 1. The third-order valence-corrected chi connectivity index (χ3v) is 13.2. The van der Waals surface area contributed by atoms with Crippen LogP contribution in [0.2, 0.25) is 0 Å². The van der Waals surface area contributed by atoms with Crippen LogP contribution in [0.3, 0.4) is 0 Å². The summed E-state index contributed by atoms with van der Waals surface area (Å²) in [6, 6.07) is 7.78. The molecule has 5 aliphatic rings. The Morgan fingerprint density at radius 1 is 0.984 bits per heavy atom. The van der Waals surface area contributed by atoms with Gasteiger partial charge in [-0.2, -0.15) is 0 Å². The van der Waals surface area contributed by atoms with Crippen LogP contribution in [0.1, 0.15) is 127 Å². The van der Waals surface area contributed by atoms with E-state index in [-0.39, 0.29) is 42.7 Å². The maximum absolute atomic E-state index is 14.5. The average molecular weight is 868 g/mol. The van der Waals surface area contributed by atoms with E-state index in [9.17, 15) is 38.2 Å². The molecule has 5 N–H and O–H groups in total. The van der Waals surface area contributed by atoms with Crippen LogP contribution in [0, 0.1) is 5.41 Å². The van der Waals surface area contributed by atoms with E-state index in [0.717, 1.165) is 98.3 Å². The quantitative estimate of drug-likeness (QED) is 0.0776. The number of benzene rings is 2. The second-order valence-corrected chi connectivity index (χ2v) is 17.2. The first-order valence-electron chi connectivity index (χ1n) is 22.4. The first-order valence-corrected chi connectivity index (χ1v) is 22.4. The van der Waals surface area contributed by atoms with Crippen molar-refractivity contribution in [3.8, 4) is 0 Å². The number of hydrogen-bond acceptors (Lipinski definition) is 10. The molecule has 7 rings (SSSR count). The number of unbranched alkanes of at least 4 members (excludes halogenated alkanes) is 4. The van der Waals surface area contributed by atoms with Crippen LogP contribution >= 0.6 is 0 Å². The van der Waals surface area contributed by atoms with Gasteiger partial charge in [-0.1, -0.05) is 31.4 Å². The summed E-state index contributed by atoms with van der Waals surface area (Å²) in [7, 11) is 1.57. The number of amides is 5. The fourth-order valence-electron chi connectivity index (χ4n) is 9.75. The highest BCUT2D eigenvalue weighted by atomic mass is 19.3. The van der Waals surface area contributed by atoms with Gasteiger partial charge in [0.1, 0.15) is 11.9 Å². The lowest BCUT2D eigenvalue weighted by molar-refractivity contribution is -0.136. The molecule has 2 fully saturated rings. The number of nitrogens with two attached hydrogens (primary N) is 1. The standard InChI is InChI=1S/C47H59F2N9O5/c1-29(59)56-23-18-38(37(28-56)44(51)57-20-9-12-31-24-35(32(26-50)27-52-2)36(43(48)49)25-40(31)57)53-33-16-21-55(22-17-33)19-7-5-3-4-6-10-30-11-8-13-34-42(30)47(63)58(46(34)62)39-14-15-41(60)54-45(39)61/h8,11,13,24-27,33,39,43,51,53H,3-7,9-10,12,14-23,28,50H2,1-2H3,(H,54,60,61). The van der Waals surface area contributed by atoms with Crippen molar-refractivity contribution in [1.29, 1.82) is 5.41 Å². The third-order valence-electron chi connectivity index (χ3n) is 13.2. The number of allylic oxidation sites excluding steroid dienone is 1. The van der Waals surface area contributed by atoms with E-state index in [4.69, 9.17) is 5.73 Å². The number of piperidine rings is 2. The summed E-state index contributed by atoms with van der Waals surface area (Å²) in [4.78, 5) is 74.4. The average Bonchev–Trinajstić information content (AvgIpc) is 3.53. The maximum atomic E-state index is 14.5. The molecular formula is C47H59F2N9O5. The van der Waals surface area contributed by atoms with E-state index in [1.165, 1.54) is 25.4 Å². The molecular weight excluding hydrogens is 809 g/mol. The van der Waals surface area contributed by atoms with Crippen LogP contribution in [0.25, 0.3) is 5.57 Å². The van der Waals surface area contributed by atoms with Gasteiger partial charge in [0, 0.05) is 99.5 Å². The predicted molar refractivity (Wildman–Crippen MR) is 238 cm³/mol. The number of aryl methyl sites for hydroxylation is 2. The van der Waals surface area contributed by atoms with Crippen LogP contribution in [-0.2, 0) is 27.2 Å². The smallest absolute Gasteiger partial charge is 0.264 e. The highest BCUT2D eigenvalue weighted by Gasteiger charge is 2.45. The van der Waals surface area contributed by atoms with Gasteiger partial charge in [0.15, 0.2) is 0 Å². The molecule has 16 heteroatoms. The number of nitrogens with zero attached hydrogens (tertiary/aromatic N) is 5. The molecule has 0 saturated carbocycles. The molecule has 0 bridgehead atoms. The Morgan fingerprint density at radius 3 is 2.46 bits per heavy atom. The summed E-state index contributed by atoms with van der Waals surface area (Å²) in [5.41, 5.74) is 11.0. The lowest BCUT2D eigenvalue weighted by atomic mass is 9.91. The Hall–Kier alpha value is -5.77. The van der Waals surface area contributed by atoms with E-state index >= 15 is 0 Å². The lowest BCUT2D eigenvalue weighted by Gasteiger charge is -2.39. The molecule has 63 heavy (non-hydrogen) atoms. The monoisotopic (exact) mass is 867 g/mol.